The van der Waals surface area contributed by atoms with Gasteiger partial charge in [-0.15, -0.1) is 0 Å². The third-order valence-corrected chi connectivity index (χ3v) is 4.85. The molecule has 2 N–H and O–H groups in total. The van der Waals surface area contributed by atoms with E-state index in [1.165, 1.54) is 0 Å². The number of methoxy groups -OCH3 is 1. The van der Waals surface area contributed by atoms with Gasteiger partial charge in [0.1, 0.15) is 10.8 Å². The first-order valence-electron chi connectivity index (χ1n) is 7.84. The zero-order chi connectivity index (χ0) is 19.4. The number of thiocarbonyl (C=S) groups is 1. The maximum Gasteiger partial charge on any atom is 0.176 e. The first-order valence-corrected chi connectivity index (χ1v) is 9.38. The maximum atomic E-state index is 6.27. The predicted octanol–water partition coefficient (Wildman–Crippen LogP) is 5.71. The second kappa shape index (κ2) is 8.80. The molecule has 0 atom stereocenters. The van der Waals surface area contributed by atoms with Crippen molar-refractivity contribution in [1.29, 1.82) is 0 Å². The van der Waals surface area contributed by atoms with Gasteiger partial charge in [0.05, 0.1) is 29.4 Å². The molecule has 1 aromatic heterocycles. The Kier molecular flexibility index (Phi) is 6.44. The Morgan fingerprint density at radius 3 is 2.59 bits per heavy atom. The van der Waals surface area contributed by atoms with Gasteiger partial charge < -0.3 is 15.4 Å². The van der Waals surface area contributed by atoms with E-state index in [0.29, 0.717) is 38.3 Å². The molecule has 5 nitrogen and oxygen atoms in total. The molecule has 0 amide bonds. The Balaban J connectivity index is 1.69. The molecule has 27 heavy (non-hydrogen) atoms. The first-order chi connectivity index (χ1) is 13.0. The predicted molar refractivity (Wildman–Crippen MR) is 116 cm³/mol. The molecule has 0 unspecified atom stereocenters. The number of rotatable bonds is 5. The number of benzene rings is 2. The number of aromatic nitrogens is 2. The molecule has 0 bridgehead atoms. The molecule has 0 fully saturated rings. The molecule has 0 radical (unpaired) electrons. The van der Waals surface area contributed by atoms with E-state index in [1.807, 2.05) is 30.3 Å². The molecular weight excluding hydrogens is 427 g/mol. The van der Waals surface area contributed by atoms with Crippen LogP contribution >= 0.6 is 47.0 Å². The van der Waals surface area contributed by atoms with Crippen LogP contribution in [0.3, 0.4) is 0 Å². The molecule has 140 valence electrons. The smallest absolute Gasteiger partial charge is 0.176 e. The quantitative estimate of drug-likeness (QED) is 0.497. The van der Waals surface area contributed by atoms with Crippen LogP contribution in [-0.2, 0) is 6.54 Å². The zero-order valence-electron chi connectivity index (χ0n) is 14.2. The van der Waals surface area contributed by atoms with Crippen LogP contribution in [0.25, 0.3) is 0 Å². The number of ether oxygens (including phenoxy) is 1. The summed E-state index contributed by atoms with van der Waals surface area (Å²) in [4.78, 5) is 0. The molecule has 0 saturated carbocycles. The average molecular weight is 442 g/mol. The van der Waals surface area contributed by atoms with Gasteiger partial charge in [0.2, 0.25) is 0 Å². The van der Waals surface area contributed by atoms with E-state index in [0.717, 1.165) is 11.3 Å². The number of anilines is 2. The van der Waals surface area contributed by atoms with Crippen LogP contribution in [-0.4, -0.2) is 22.0 Å². The van der Waals surface area contributed by atoms with Crippen molar-refractivity contribution >= 4 is 63.6 Å². The minimum Gasteiger partial charge on any atom is -0.495 e. The van der Waals surface area contributed by atoms with Crippen LogP contribution in [0.5, 0.6) is 5.75 Å². The van der Waals surface area contributed by atoms with Gasteiger partial charge in [-0.1, -0.05) is 53.0 Å². The van der Waals surface area contributed by atoms with Crippen LogP contribution in [0.4, 0.5) is 11.5 Å². The van der Waals surface area contributed by atoms with Gasteiger partial charge in [-0.25, -0.2) is 0 Å². The third-order valence-electron chi connectivity index (χ3n) is 3.63. The zero-order valence-corrected chi connectivity index (χ0v) is 17.3. The van der Waals surface area contributed by atoms with Gasteiger partial charge in [-0.05, 0) is 42.0 Å². The highest BCUT2D eigenvalue weighted by molar-refractivity contribution is 7.80. The lowest BCUT2D eigenvalue weighted by Crippen LogP contribution is -2.20. The summed E-state index contributed by atoms with van der Waals surface area (Å²) in [5.41, 5.74) is 1.69. The molecular formula is C18H15Cl3N4OS. The van der Waals surface area contributed by atoms with Crippen molar-refractivity contribution < 1.29 is 4.74 Å². The molecule has 0 aliphatic heterocycles. The molecule has 1 heterocycles. The molecule has 2 aromatic carbocycles. The van der Waals surface area contributed by atoms with Crippen LogP contribution in [0.2, 0.25) is 15.1 Å². The molecule has 9 heteroatoms. The number of nitrogens with zero attached hydrogens (tertiary/aromatic N) is 2. The Hall–Kier alpha value is -1.99. The number of hydrogen-bond acceptors (Lipinski definition) is 3. The Morgan fingerprint density at radius 1 is 1.07 bits per heavy atom. The maximum absolute atomic E-state index is 6.27. The Bertz CT molecular complexity index is 977. The molecule has 0 aliphatic carbocycles. The van der Waals surface area contributed by atoms with Gasteiger partial charge in [0.15, 0.2) is 10.9 Å². The van der Waals surface area contributed by atoms with E-state index >= 15 is 0 Å². The van der Waals surface area contributed by atoms with E-state index in [1.54, 1.807) is 30.1 Å². The van der Waals surface area contributed by atoms with Crippen molar-refractivity contribution in [2.24, 2.45) is 0 Å². The largest absolute Gasteiger partial charge is 0.495 e. The summed E-state index contributed by atoms with van der Waals surface area (Å²) < 4.78 is 6.98. The van der Waals surface area contributed by atoms with E-state index in [4.69, 9.17) is 51.8 Å². The average Bonchev–Trinajstić information content (AvgIpc) is 2.97. The summed E-state index contributed by atoms with van der Waals surface area (Å²) >= 11 is 23.6. The number of nitrogens with one attached hydrogen (secondary N) is 2. The lowest BCUT2D eigenvalue weighted by Gasteiger charge is -2.12. The van der Waals surface area contributed by atoms with Gasteiger partial charge in [0, 0.05) is 6.20 Å². The van der Waals surface area contributed by atoms with Crippen LogP contribution in [0, 0.1) is 0 Å². The fraction of sp³-hybridized carbons (Fsp3) is 0.111. The summed E-state index contributed by atoms with van der Waals surface area (Å²) in [5.74, 6) is 1.13. The first kappa shape index (κ1) is 19.8. The van der Waals surface area contributed by atoms with Gasteiger partial charge in [-0.3, -0.25) is 4.68 Å². The normalized spacial score (nSPS) is 10.5. The van der Waals surface area contributed by atoms with E-state index < -0.39 is 0 Å². The van der Waals surface area contributed by atoms with E-state index in [9.17, 15) is 0 Å². The highest BCUT2D eigenvalue weighted by Crippen LogP contribution is 2.26. The summed E-state index contributed by atoms with van der Waals surface area (Å²) in [5, 5.41) is 12.3. The van der Waals surface area contributed by atoms with Gasteiger partial charge in [-0.2, -0.15) is 5.10 Å². The van der Waals surface area contributed by atoms with E-state index in [-0.39, 0.29) is 0 Å². The van der Waals surface area contributed by atoms with Crippen molar-refractivity contribution in [2.45, 2.75) is 6.54 Å². The van der Waals surface area contributed by atoms with Crippen molar-refractivity contribution in [1.82, 2.24) is 9.78 Å². The lowest BCUT2D eigenvalue weighted by atomic mass is 10.2. The molecule has 0 spiro atoms. The molecule has 3 aromatic rings. The fourth-order valence-corrected chi connectivity index (χ4v) is 3.12. The fourth-order valence-electron chi connectivity index (χ4n) is 2.40. The Labute approximate surface area is 177 Å². The summed E-state index contributed by atoms with van der Waals surface area (Å²) in [6.45, 7) is 0.491. The third kappa shape index (κ3) is 5.05. The summed E-state index contributed by atoms with van der Waals surface area (Å²) in [7, 11) is 1.60. The lowest BCUT2D eigenvalue weighted by molar-refractivity contribution is 0.417. The monoisotopic (exact) mass is 440 g/mol. The van der Waals surface area contributed by atoms with Crippen molar-refractivity contribution in [2.75, 3.05) is 17.7 Å². The standard InChI is InChI=1S/C18H15Cl3N4OS/c1-26-16-5-3-2-4-15(16)22-18(27)23-17-14(21)10-25(24-17)9-11-6-7-12(19)13(20)8-11/h2-8,10H,9H2,1H3,(H2,22,23,24,27). The van der Waals surface area contributed by atoms with Gasteiger partial charge >= 0.3 is 0 Å². The molecule has 0 aliphatic rings. The van der Waals surface area contributed by atoms with Crippen LogP contribution in [0.15, 0.2) is 48.7 Å². The van der Waals surface area contributed by atoms with Crippen molar-refractivity contribution in [3.63, 3.8) is 0 Å². The topological polar surface area (TPSA) is 51.1 Å². The minimum absolute atomic E-state index is 0.348. The van der Waals surface area contributed by atoms with Crippen LogP contribution < -0.4 is 15.4 Å². The SMILES string of the molecule is COc1ccccc1NC(=S)Nc1nn(Cc2ccc(Cl)c(Cl)c2)cc1Cl. The van der Waals surface area contributed by atoms with Gasteiger partial charge in [0.25, 0.3) is 0 Å². The number of para-hydroxylation sites is 2. The number of hydrogen-bond donors (Lipinski definition) is 2. The molecule has 3 rings (SSSR count). The minimum atomic E-state index is 0.348. The van der Waals surface area contributed by atoms with Crippen molar-refractivity contribution in [3.8, 4) is 5.75 Å². The summed E-state index contributed by atoms with van der Waals surface area (Å²) in [6, 6.07) is 12.9. The highest BCUT2D eigenvalue weighted by Gasteiger charge is 2.11. The van der Waals surface area contributed by atoms with Crippen molar-refractivity contribution in [3.05, 3.63) is 69.3 Å². The molecule has 0 saturated heterocycles. The highest BCUT2D eigenvalue weighted by atomic mass is 35.5. The number of halogens is 3. The van der Waals surface area contributed by atoms with E-state index in [2.05, 4.69) is 15.7 Å². The second-order valence-electron chi connectivity index (χ2n) is 5.55. The Morgan fingerprint density at radius 2 is 1.85 bits per heavy atom. The summed E-state index contributed by atoms with van der Waals surface area (Å²) in [6.07, 6.45) is 1.71. The second-order valence-corrected chi connectivity index (χ2v) is 7.18. The van der Waals surface area contributed by atoms with Crippen LogP contribution in [0.1, 0.15) is 5.56 Å².